The minimum absolute atomic E-state index is 0.00134. The third kappa shape index (κ3) is 4.42. The Morgan fingerprint density at radius 3 is 2.81 bits per heavy atom. The fourth-order valence-electron chi connectivity index (χ4n) is 3.08. The van der Waals surface area contributed by atoms with E-state index in [1.165, 1.54) is 24.4 Å². The van der Waals surface area contributed by atoms with Crippen molar-refractivity contribution >= 4 is 23.6 Å². The van der Waals surface area contributed by atoms with Gasteiger partial charge in [-0.15, -0.1) is 5.10 Å². The molecule has 1 aromatic carbocycles. The second-order valence-electron chi connectivity index (χ2n) is 6.67. The number of anilines is 1. The first-order chi connectivity index (χ1) is 15.5. The predicted octanol–water partition coefficient (Wildman–Crippen LogP) is -0.263. The van der Waals surface area contributed by atoms with Crippen LogP contribution >= 0.6 is 0 Å². The number of carbonyl (C=O) groups is 1. The molecule has 1 fully saturated rings. The van der Waals surface area contributed by atoms with Gasteiger partial charge in [0.2, 0.25) is 11.6 Å². The van der Waals surface area contributed by atoms with E-state index in [-0.39, 0.29) is 28.6 Å². The number of aromatic nitrogens is 5. The van der Waals surface area contributed by atoms with Gasteiger partial charge in [-0.05, 0) is 16.4 Å². The van der Waals surface area contributed by atoms with E-state index in [0.717, 1.165) is 4.68 Å². The lowest BCUT2D eigenvalue weighted by atomic mass is 10.2. The van der Waals surface area contributed by atoms with Crippen LogP contribution in [0.5, 0.6) is 0 Å². The second kappa shape index (κ2) is 9.27. The number of para-hydroxylation sites is 1. The lowest BCUT2D eigenvalue weighted by Gasteiger charge is -2.25. The highest BCUT2D eigenvalue weighted by Crippen LogP contribution is 2.18. The molecular formula is C17H18N10O5. The summed E-state index contributed by atoms with van der Waals surface area (Å²) < 4.78 is 11.1. The summed E-state index contributed by atoms with van der Waals surface area (Å²) in [5, 5.41) is 30.2. The lowest BCUT2D eigenvalue weighted by Crippen LogP contribution is -2.36. The van der Waals surface area contributed by atoms with E-state index in [9.17, 15) is 14.9 Å². The van der Waals surface area contributed by atoms with Crippen LogP contribution in [0.3, 0.4) is 0 Å². The second-order valence-corrected chi connectivity index (χ2v) is 6.67. The summed E-state index contributed by atoms with van der Waals surface area (Å²) in [7, 11) is 0. The zero-order chi connectivity index (χ0) is 22.5. The Kier molecular flexibility index (Phi) is 6.09. The number of nitro groups is 1. The van der Waals surface area contributed by atoms with Crippen molar-refractivity contribution < 1.29 is 19.1 Å². The molecule has 4 rings (SSSR count). The number of amides is 1. The summed E-state index contributed by atoms with van der Waals surface area (Å²) in [4.78, 5) is 25.6. The van der Waals surface area contributed by atoms with Crippen molar-refractivity contribution in [1.29, 1.82) is 0 Å². The van der Waals surface area contributed by atoms with Gasteiger partial charge in [-0.3, -0.25) is 19.8 Å². The van der Waals surface area contributed by atoms with Gasteiger partial charge in [0.15, 0.2) is 5.69 Å². The Bertz CT molecular complexity index is 1150. The number of hydrazone groups is 1. The third-order valence-electron chi connectivity index (χ3n) is 4.63. The van der Waals surface area contributed by atoms with Crippen molar-refractivity contribution in [2.45, 2.75) is 6.54 Å². The smallest absolute Gasteiger partial charge is 0.292 e. The third-order valence-corrected chi connectivity index (χ3v) is 4.63. The van der Waals surface area contributed by atoms with E-state index in [1.54, 1.807) is 6.07 Å². The summed E-state index contributed by atoms with van der Waals surface area (Å²) in [6.45, 7) is 2.78. The predicted molar refractivity (Wildman–Crippen MR) is 108 cm³/mol. The number of nitro benzene ring substituents is 1. The molecule has 0 saturated carbocycles. The molecule has 15 nitrogen and oxygen atoms in total. The normalized spacial score (nSPS) is 14.6. The molecule has 0 unspecified atom stereocenters. The van der Waals surface area contributed by atoms with Gasteiger partial charge in [-0.25, -0.2) is 10.1 Å². The Hall–Kier alpha value is -4.24. The van der Waals surface area contributed by atoms with E-state index in [2.05, 4.69) is 40.7 Å². The van der Waals surface area contributed by atoms with Gasteiger partial charge in [0.1, 0.15) is 5.69 Å². The standard InChI is InChI=1S/C17H18N10O5/c18-15-16(23-32-22-15)26-14(12(20-24-26)10-25-5-7-31-8-6-25)17(28)21-19-9-11-3-1-2-4-13(11)27(29)30/h1-4,9H,5-8,10H2,(H2,18,22)(H,21,28)/b19-9-. The van der Waals surface area contributed by atoms with Crippen LogP contribution in [0.1, 0.15) is 21.7 Å². The molecule has 1 aliphatic heterocycles. The highest BCUT2D eigenvalue weighted by Gasteiger charge is 2.26. The van der Waals surface area contributed by atoms with Crippen molar-refractivity contribution in [3.05, 3.63) is 51.3 Å². The molecule has 0 radical (unpaired) electrons. The number of ether oxygens (including phenoxy) is 1. The van der Waals surface area contributed by atoms with Crippen molar-refractivity contribution in [3.8, 4) is 5.82 Å². The number of nitrogens with two attached hydrogens (primary N) is 1. The molecule has 1 aliphatic rings. The van der Waals surface area contributed by atoms with Gasteiger partial charge in [-0.2, -0.15) is 9.78 Å². The summed E-state index contributed by atoms with van der Waals surface area (Å²) in [6, 6.07) is 6.00. The highest BCUT2D eigenvalue weighted by molar-refractivity contribution is 5.95. The molecule has 0 aliphatic carbocycles. The number of nitrogen functional groups attached to an aromatic ring is 1. The van der Waals surface area contributed by atoms with Gasteiger partial charge in [-0.1, -0.05) is 17.3 Å². The lowest BCUT2D eigenvalue weighted by molar-refractivity contribution is -0.385. The summed E-state index contributed by atoms with van der Waals surface area (Å²) >= 11 is 0. The SMILES string of the molecule is Nc1nonc1-n1nnc(CN2CCOCC2)c1C(=O)N/N=C\c1ccccc1[N+](=O)[O-]. The molecule has 32 heavy (non-hydrogen) atoms. The summed E-state index contributed by atoms with van der Waals surface area (Å²) in [6.07, 6.45) is 1.18. The molecule has 0 bridgehead atoms. The van der Waals surface area contributed by atoms with Crippen molar-refractivity contribution in [1.82, 2.24) is 35.6 Å². The minimum Gasteiger partial charge on any atom is -0.379 e. The maximum atomic E-state index is 13.0. The quantitative estimate of drug-likeness (QED) is 0.278. The molecule has 15 heteroatoms. The van der Waals surface area contributed by atoms with E-state index < -0.39 is 10.8 Å². The van der Waals surface area contributed by atoms with Crippen molar-refractivity contribution in [2.24, 2.45) is 5.10 Å². The van der Waals surface area contributed by atoms with Crippen LogP contribution in [0.2, 0.25) is 0 Å². The number of nitrogens with one attached hydrogen (secondary N) is 1. The Morgan fingerprint density at radius 1 is 1.31 bits per heavy atom. The first-order valence-electron chi connectivity index (χ1n) is 9.44. The van der Waals surface area contributed by atoms with E-state index in [4.69, 9.17) is 10.5 Å². The number of nitrogens with zero attached hydrogens (tertiary/aromatic N) is 8. The van der Waals surface area contributed by atoms with Gasteiger partial charge in [0.05, 0.1) is 29.9 Å². The van der Waals surface area contributed by atoms with Crippen LogP contribution in [-0.4, -0.2) is 73.6 Å². The number of morpholine rings is 1. The zero-order valence-electron chi connectivity index (χ0n) is 16.6. The first-order valence-corrected chi connectivity index (χ1v) is 9.44. The van der Waals surface area contributed by atoms with Crippen molar-refractivity contribution in [2.75, 3.05) is 32.0 Å². The van der Waals surface area contributed by atoms with Gasteiger partial charge in [0.25, 0.3) is 11.6 Å². The fraction of sp³-hybridized carbons (Fsp3) is 0.294. The fourth-order valence-corrected chi connectivity index (χ4v) is 3.08. The van der Waals surface area contributed by atoms with Gasteiger partial charge >= 0.3 is 0 Å². The van der Waals surface area contributed by atoms with Gasteiger partial charge in [0, 0.05) is 25.7 Å². The molecular weight excluding hydrogens is 424 g/mol. The topological polar surface area (TPSA) is 193 Å². The average Bonchev–Trinajstić information content (AvgIpc) is 3.40. The highest BCUT2D eigenvalue weighted by atomic mass is 16.6. The Labute approximate surface area is 179 Å². The monoisotopic (exact) mass is 442 g/mol. The van der Waals surface area contributed by atoms with Crippen LogP contribution in [0.4, 0.5) is 11.5 Å². The molecule has 1 saturated heterocycles. The molecule has 2 aromatic heterocycles. The minimum atomic E-state index is -0.671. The summed E-state index contributed by atoms with van der Waals surface area (Å²) in [5.74, 6) is -0.751. The molecule has 3 N–H and O–H groups in total. The van der Waals surface area contributed by atoms with Gasteiger partial charge < -0.3 is 10.5 Å². The Morgan fingerprint density at radius 2 is 2.09 bits per heavy atom. The maximum Gasteiger partial charge on any atom is 0.292 e. The first kappa shape index (κ1) is 21.0. The maximum absolute atomic E-state index is 13.0. The molecule has 3 aromatic rings. The summed E-state index contributed by atoms with van der Waals surface area (Å²) in [5.41, 5.74) is 8.55. The van der Waals surface area contributed by atoms with E-state index in [1.807, 2.05) is 0 Å². The number of hydrogen-bond acceptors (Lipinski definition) is 12. The van der Waals surface area contributed by atoms with Crippen LogP contribution in [0.25, 0.3) is 5.82 Å². The largest absolute Gasteiger partial charge is 0.379 e. The van der Waals surface area contributed by atoms with E-state index in [0.29, 0.717) is 38.5 Å². The van der Waals surface area contributed by atoms with Crippen LogP contribution in [0.15, 0.2) is 34.0 Å². The van der Waals surface area contributed by atoms with Crippen molar-refractivity contribution in [3.63, 3.8) is 0 Å². The van der Waals surface area contributed by atoms with Crippen LogP contribution in [0, 0.1) is 10.1 Å². The molecule has 0 spiro atoms. The van der Waals surface area contributed by atoms with E-state index >= 15 is 0 Å². The number of hydrogen-bond donors (Lipinski definition) is 2. The Balaban J connectivity index is 1.60. The molecule has 166 valence electrons. The zero-order valence-corrected chi connectivity index (χ0v) is 16.6. The number of rotatable bonds is 7. The number of benzene rings is 1. The molecule has 0 atom stereocenters. The molecule has 3 heterocycles. The van der Waals surface area contributed by atoms with Crippen LogP contribution in [-0.2, 0) is 11.3 Å². The average molecular weight is 442 g/mol. The van der Waals surface area contributed by atoms with Crippen LogP contribution < -0.4 is 11.2 Å². The molecule has 1 amide bonds. The number of carbonyl (C=O) groups excluding carboxylic acids is 1.